The Hall–Kier alpha value is -2.17. The van der Waals surface area contributed by atoms with Crippen LogP contribution in [0, 0.1) is 40.9 Å². The van der Waals surface area contributed by atoms with E-state index in [9.17, 15) is 29.7 Å². The molecule has 0 aromatic carbocycles. The first-order chi connectivity index (χ1) is 29.8. The Morgan fingerprint density at radius 3 is 2.20 bits per heavy atom. The van der Waals surface area contributed by atoms with Crippen LogP contribution in [0.1, 0.15) is 161 Å². The smallest absolute Gasteiger partial charge is 0.407 e. The first kappa shape index (κ1) is 51.2. The summed E-state index contributed by atoms with van der Waals surface area (Å²) in [5, 5.41) is 36.4. The number of rotatable bonds is 15. The van der Waals surface area contributed by atoms with Gasteiger partial charge in [-0.1, -0.05) is 61.5 Å². The molecule has 366 valence electrons. The van der Waals surface area contributed by atoms with Crippen molar-refractivity contribution in [3.05, 3.63) is 12.2 Å². The summed E-state index contributed by atoms with van der Waals surface area (Å²) in [7, 11) is 0. The Balaban J connectivity index is 1.23. The van der Waals surface area contributed by atoms with Crippen LogP contribution in [0.25, 0.3) is 0 Å². The van der Waals surface area contributed by atoms with Gasteiger partial charge >= 0.3 is 12.1 Å². The van der Waals surface area contributed by atoms with Crippen molar-refractivity contribution >= 4 is 17.8 Å². The zero-order valence-corrected chi connectivity index (χ0v) is 41.2. The van der Waals surface area contributed by atoms with Crippen molar-refractivity contribution < 1.29 is 62.9 Å². The summed E-state index contributed by atoms with van der Waals surface area (Å²) in [5.41, 5.74) is -3.58. The molecule has 1 saturated carbocycles. The van der Waals surface area contributed by atoms with Crippen LogP contribution in [-0.2, 0) is 42.7 Å². The van der Waals surface area contributed by atoms with E-state index in [1.54, 1.807) is 6.92 Å². The highest BCUT2D eigenvalue weighted by molar-refractivity contribution is 5.84. The minimum Gasteiger partial charge on any atom is -0.481 e. The summed E-state index contributed by atoms with van der Waals surface area (Å²) in [5.74, 6) is -5.75. The normalized spacial score (nSPS) is 44.0. The second kappa shape index (κ2) is 18.7. The van der Waals surface area contributed by atoms with E-state index < -0.39 is 94.1 Å². The second-order valence-electron chi connectivity index (χ2n) is 22.2. The lowest BCUT2D eigenvalue weighted by atomic mass is 9.72. The molecule has 4 N–H and O–H groups in total. The number of aliphatic hydroxyl groups excluding tert-OH is 1. The van der Waals surface area contributed by atoms with Crippen LogP contribution in [0.2, 0.25) is 0 Å². The van der Waals surface area contributed by atoms with Crippen molar-refractivity contribution in [3.8, 4) is 0 Å². The first-order valence-electron chi connectivity index (χ1n) is 24.6. The fourth-order valence-corrected chi connectivity index (χ4v) is 12.4. The number of aliphatic carboxylic acids is 1. The van der Waals surface area contributed by atoms with Crippen LogP contribution in [0.15, 0.2) is 12.2 Å². The summed E-state index contributed by atoms with van der Waals surface area (Å²) in [6, 6.07) is -0.768. The quantitative estimate of drug-likeness (QED) is 0.0919. The molecule has 1 amide bonds. The van der Waals surface area contributed by atoms with Gasteiger partial charge in [0, 0.05) is 29.6 Å². The van der Waals surface area contributed by atoms with E-state index in [1.807, 2.05) is 74.5 Å². The Morgan fingerprint density at radius 2 is 1.59 bits per heavy atom. The summed E-state index contributed by atoms with van der Waals surface area (Å²) in [4.78, 5) is 40.4. The molecule has 5 aliphatic heterocycles. The molecule has 1 aliphatic carbocycles. The third-order valence-electron chi connectivity index (χ3n) is 16.9. The zero-order valence-electron chi connectivity index (χ0n) is 41.2. The van der Waals surface area contributed by atoms with E-state index in [2.05, 4.69) is 26.1 Å². The Kier molecular flexibility index (Phi) is 15.0. The number of amides is 1. The Morgan fingerprint density at radius 1 is 0.906 bits per heavy atom. The maximum Gasteiger partial charge on any atom is 0.407 e. The van der Waals surface area contributed by atoms with Crippen molar-refractivity contribution in [2.75, 3.05) is 13.2 Å². The van der Waals surface area contributed by atoms with Crippen molar-refractivity contribution in [1.29, 1.82) is 0 Å². The summed E-state index contributed by atoms with van der Waals surface area (Å²) in [6.07, 6.45) is 6.56. The molecule has 5 heterocycles. The number of carboxylic acid groups (broad SMARTS) is 1. The average Bonchev–Trinajstić information content (AvgIpc) is 3.69. The molecule has 64 heavy (non-hydrogen) atoms. The largest absolute Gasteiger partial charge is 0.481 e. The molecule has 2 unspecified atom stereocenters. The van der Waals surface area contributed by atoms with Gasteiger partial charge in [0.05, 0.1) is 65.4 Å². The number of hydrogen-bond acceptors (Lipinski definition) is 12. The van der Waals surface area contributed by atoms with E-state index in [0.717, 1.165) is 6.42 Å². The number of nitrogens with one attached hydrogen (secondary N) is 1. The van der Waals surface area contributed by atoms with Crippen LogP contribution >= 0.6 is 0 Å². The van der Waals surface area contributed by atoms with Gasteiger partial charge < -0.3 is 53.8 Å². The highest BCUT2D eigenvalue weighted by atomic mass is 16.8. The van der Waals surface area contributed by atoms with Crippen molar-refractivity contribution in [2.45, 2.75) is 231 Å². The van der Waals surface area contributed by atoms with Gasteiger partial charge in [-0.3, -0.25) is 9.59 Å². The molecule has 0 aromatic heterocycles. The van der Waals surface area contributed by atoms with Gasteiger partial charge in [0.1, 0.15) is 18.4 Å². The zero-order chi connectivity index (χ0) is 47.4. The molecule has 0 aromatic rings. The van der Waals surface area contributed by atoms with E-state index in [4.69, 9.17) is 33.2 Å². The molecule has 6 aliphatic rings. The van der Waals surface area contributed by atoms with E-state index >= 15 is 0 Å². The number of ether oxygens (including phenoxy) is 7. The third-order valence-corrected chi connectivity index (χ3v) is 16.9. The fraction of sp³-hybridized carbons (Fsp3) is 0.900. The minimum absolute atomic E-state index is 0.0375. The summed E-state index contributed by atoms with van der Waals surface area (Å²) >= 11 is 0. The molecule has 5 fully saturated rings. The summed E-state index contributed by atoms with van der Waals surface area (Å²) < 4.78 is 46.1. The molecule has 0 radical (unpaired) electrons. The fourth-order valence-electron chi connectivity index (χ4n) is 12.4. The number of hydrogen-bond donors (Lipinski definition) is 4. The maximum atomic E-state index is 14.8. The van der Waals surface area contributed by atoms with Gasteiger partial charge in [0.15, 0.2) is 11.6 Å². The second-order valence-corrected chi connectivity index (χ2v) is 22.2. The van der Waals surface area contributed by atoms with E-state index in [-0.39, 0.29) is 48.5 Å². The molecule has 4 saturated heterocycles. The van der Waals surface area contributed by atoms with E-state index in [1.165, 1.54) is 0 Å². The van der Waals surface area contributed by atoms with Crippen LogP contribution in [0.5, 0.6) is 0 Å². The van der Waals surface area contributed by atoms with Crippen LogP contribution in [0.3, 0.4) is 0 Å². The lowest BCUT2D eigenvalue weighted by molar-refractivity contribution is -0.398. The number of alkyl carbamates (subject to hydrolysis) is 1. The van der Waals surface area contributed by atoms with Gasteiger partial charge in [-0.25, -0.2) is 4.79 Å². The number of ketones is 1. The lowest BCUT2D eigenvalue weighted by Crippen LogP contribution is -2.65. The van der Waals surface area contributed by atoms with Crippen molar-refractivity contribution in [2.24, 2.45) is 40.9 Å². The molecule has 3 spiro atoms. The molecule has 14 nitrogen and oxygen atoms in total. The van der Waals surface area contributed by atoms with Gasteiger partial charge in [-0.15, -0.1) is 0 Å². The average molecular weight is 906 g/mol. The lowest BCUT2D eigenvalue weighted by Gasteiger charge is -2.55. The Labute approximate surface area is 382 Å². The standard InChI is InChI=1S/C50H83NO13/c1-14-34(42(54)55)36-18-17-30(5)48(61-36)28-45(48,12)41(53)32(7)39(52)35(15-2)40-29(4)27-31(6)49(62-40)22-19-37(51-43(56)58-25-26-59-44(9,10)11)50(64-49)24-23-46(13,63-50)38-20-21-47(57,16-3)33(8)60-38/h19,22,29-38,40-41,53,57H,14-18,20-21,23-28H2,1-13H3,(H,51,56)(H,54,55)/t29-,30-,31+,32+,33-,34?,35-,36+,37+,38+,40-,41+,45?,46-,47+,48+,49-,50-/m0/s1. The van der Waals surface area contributed by atoms with Gasteiger partial charge in [-0.05, 0) is 117 Å². The SMILES string of the molecule is CCC(C(=O)O)[C@H]1CC[C@H](C)[C@@]2(CC2(C)[C@H](O)[C@H](C)C(=O)[C@H](CC)[C@H]2O[C@]3(C=C[C@@H](NC(=O)OCCOC(C)(C)C)[C@]4(CC[C@@](C)([C@H]5CC[C@](O)(CC)[C@H](C)O5)O4)O3)[C@H](C)C[C@@H]2C)O1. The van der Waals surface area contributed by atoms with Crippen LogP contribution in [-0.4, -0.2) is 117 Å². The van der Waals surface area contributed by atoms with Gasteiger partial charge in [0.25, 0.3) is 0 Å². The molecule has 6 rings (SSSR count). The van der Waals surface area contributed by atoms with Crippen molar-refractivity contribution in [1.82, 2.24) is 5.32 Å². The minimum atomic E-state index is -1.40. The molecule has 0 bridgehead atoms. The topological polar surface area (TPSA) is 189 Å². The molecular formula is C50H83NO13. The Bertz CT molecular complexity index is 1720. The number of Topliss-reactive ketones (excluding diaryl/α,β-unsaturated/α-hetero) is 1. The highest BCUT2D eigenvalue weighted by Crippen LogP contribution is 2.68. The van der Waals surface area contributed by atoms with Crippen molar-refractivity contribution in [3.63, 3.8) is 0 Å². The maximum absolute atomic E-state index is 14.8. The third kappa shape index (κ3) is 9.48. The molecule has 18 atom stereocenters. The summed E-state index contributed by atoms with van der Waals surface area (Å²) in [6.45, 7) is 25.9. The molecule has 14 heteroatoms. The monoisotopic (exact) mass is 906 g/mol. The van der Waals surface area contributed by atoms with Gasteiger partial charge in [0.2, 0.25) is 0 Å². The van der Waals surface area contributed by atoms with Crippen LogP contribution in [0.4, 0.5) is 4.79 Å². The van der Waals surface area contributed by atoms with Gasteiger partial charge in [-0.2, -0.15) is 0 Å². The first-order valence-corrected chi connectivity index (χ1v) is 24.6. The highest BCUT2D eigenvalue weighted by Gasteiger charge is 2.74. The number of carboxylic acids is 1. The predicted octanol–water partition coefficient (Wildman–Crippen LogP) is 7.88. The van der Waals surface area contributed by atoms with E-state index in [0.29, 0.717) is 64.2 Å². The number of carbonyl (C=O) groups is 3. The molecular weight excluding hydrogens is 823 g/mol. The predicted molar refractivity (Wildman–Crippen MR) is 239 cm³/mol. The van der Waals surface area contributed by atoms with Crippen LogP contribution < -0.4 is 5.32 Å². The number of carbonyl (C=O) groups excluding carboxylic acids is 2. The number of aliphatic hydroxyl groups is 2.